The van der Waals surface area contributed by atoms with Gasteiger partial charge >= 0.3 is 5.97 Å². The van der Waals surface area contributed by atoms with E-state index >= 15 is 0 Å². The molecule has 0 radical (unpaired) electrons. The van der Waals surface area contributed by atoms with Crippen molar-refractivity contribution in [2.75, 3.05) is 0 Å². The van der Waals surface area contributed by atoms with Crippen LogP contribution in [0.3, 0.4) is 0 Å². The smallest absolute Gasteiger partial charge is 0.309 e. The van der Waals surface area contributed by atoms with Crippen LogP contribution >= 0.6 is 0 Å². The summed E-state index contributed by atoms with van der Waals surface area (Å²) in [5.41, 5.74) is -0.540. The van der Waals surface area contributed by atoms with E-state index in [-0.39, 0.29) is 40.0 Å². The minimum atomic E-state index is -0.330. The molecule has 2 saturated carbocycles. The highest BCUT2D eigenvalue weighted by Crippen LogP contribution is 2.87. The summed E-state index contributed by atoms with van der Waals surface area (Å²) in [6.07, 6.45) is 5.72. The maximum Gasteiger partial charge on any atom is 0.309 e. The van der Waals surface area contributed by atoms with Crippen LogP contribution in [0.4, 0.5) is 0 Å². The molecular formula is C15H18O3. The van der Waals surface area contributed by atoms with E-state index in [1.807, 2.05) is 6.92 Å². The molecule has 2 unspecified atom stereocenters. The summed E-state index contributed by atoms with van der Waals surface area (Å²) in [6.45, 7) is 6.22. The van der Waals surface area contributed by atoms with Crippen LogP contribution in [-0.2, 0) is 14.3 Å². The third kappa shape index (κ3) is 0.703. The number of ketones is 1. The Bertz CT molecular complexity index is 522. The molecule has 3 fully saturated rings. The number of carbonyl (C=O) groups is 2. The average molecular weight is 246 g/mol. The lowest BCUT2D eigenvalue weighted by Gasteiger charge is -2.34. The Morgan fingerprint density at radius 1 is 1.33 bits per heavy atom. The summed E-state index contributed by atoms with van der Waals surface area (Å²) in [7, 11) is 0. The molecule has 4 rings (SSSR count). The number of carbonyl (C=O) groups excluding carboxylic acids is 2. The number of esters is 1. The van der Waals surface area contributed by atoms with Crippen LogP contribution in [-0.4, -0.2) is 17.9 Å². The molecule has 0 N–H and O–H groups in total. The molecule has 4 aliphatic rings. The molecule has 96 valence electrons. The lowest BCUT2D eigenvalue weighted by Crippen LogP contribution is -2.36. The second-order valence-electron chi connectivity index (χ2n) is 6.87. The first-order valence-corrected chi connectivity index (χ1v) is 6.84. The SMILES string of the molecule is C[C@@H]1C(=O)O[C@H]2[C@H]1CC[C@]1(C)C3(C)C(=O)C=CC231. The number of allylic oxidation sites excluding steroid dienone is 1. The molecule has 1 heterocycles. The molecule has 0 aromatic rings. The van der Waals surface area contributed by atoms with Crippen LogP contribution in [0.15, 0.2) is 12.2 Å². The average Bonchev–Trinajstić information content (AvgIpc) is 2.56. The minimum Gasteiger partial charge on any atom is -0.461 e. The first-order valence-electron chi connectivity index (χ1n) is 6.84. The van der Waals surface area contributed by atoms with Crippen LogP contribution in [0, 0.1) is 28.1 Å². The molecular weight excluding hydrogens is 228 g/mol. The van der Waals surface area contributed by atoms with E-state index in [1.165, 1.54) is 0 Å². The molecule has 18 heavy (non-hydrogen) atoms. The van der Waals surface area contributed by atoms with Crippen LogP contribution in [0.2, 0.25) is 0 Å². The topological polar surface area (TPSA) is 43.4 Å². The summed E-state index contributed by atoms with van der Waals surface area (Å²) < 4.78 is 5.67. The van der Waals surface area contributed by atoms with Crippen molar-refractivity contribution in [1.82, 2.24) is 0 Å². The number of fused-ring (bicyclic) bond motifs is 2. The van der Waals surface area contributed by atoms with Gasteiger partial charge in [-0.3, -0.25) is 9.59 Å². The summed E-state index contributed by atoms with van der Waals surface area (Å²) in [5, 5.41) is 0. The second kappa shape index (κ2) is 2.59. The zero-order valence-electron chi connectivity index (χ0n) is 11.0. The van der Waals surface area contributed by atoms with Gasteiger partial charge in [0.2, 0.25) is 0 Å². The van der Waals surface area contributed by atoms with Crippen LogP contribution in [0.5, 0.6) is 0 Å². The largest absolute Gasteiger partial charge is 0.461 e. The van der Waals surface area contributed by atoms with E-state index in [4.69, 9.17) is 4.74 Å². The quantitative estimate of drug-likeness (QED) is 0.615. The molecule has 0 amide bonds. The van der Waals surface area contributed by atoms with Crippen LogP contribution in [0.1, 0.15) is 33.6 Å². The maximum absolute atomic E-state index is 12.2. The predicted octanol–water partition coefficient (Wildman–Crippen LogP) is 2.11. The zero-order chi connectivity index (χ0) is 12.9. The van der Waals surface area contributed by atoms with Gasteiger partial charge in [-0.2, -0.15) is 0 Å². The number of rotatable bonds is 0. The Kier molecular flexibility index (Phi) is 1.55. The van der Waals surface area contributed by atoms with E-state index in [2.05, 4.69) is 19.9 Å². The fourth-order valence-electron chi connectivity index (χ4n) is 5.45. The summed E-state index contributed by atoms with van der Waals surface area (Å²) in [6, 6.07) is 0. The highest BCUT2D eigenvalue weighted by molar-refractivity contribution is 6.04. The van der Waals surface area contributed by atoms with Crippen LogP contribution < -0.4 is 0 Å². The van der Waals surface area contributed by atoms with Gasteiger partial charge < -0.3 is 4.74 Å². The molecule has 1 aliphatic heterocycles. The molecule has 0 aromatic heterocycles. The van der Waals surface area contributed by atoms with Crippen molar-refractivity contribution in [2.24, 2.45) is 28.1 Å². The van der Waals surface area contributed by atoms with Crippen molar-refractivity contribution < 1.29 is 14.3 Å². The van der Waals surface area contributed by atoms with Gasteiger partial charge in [-0.05, 0) is 24.3 Å². The van der Waals surface area contributed by atoms with Crippen molar-refractivity contribution in [3.63, 3.8) is 0 Å². The van der Waals surface area contributed by atoms with Gasteiger partial charge in [0.05, 0.1) is 5.92 Å². The molecule has 6 atom stereocenters. The van der Waals surface area contributed by atoms with E-state index < -0.39 is 0 Å². The molecule has 3 nitrogen and oxygen atoms in total. The highest BCUT2D eigenvalue weighted by Gasteiger charge is 2.90. The van der Waals surface area contributed by atoms with Gasteiger partial charge in [0.15, 0.2) is 5.78 Å². The highest BCUT2D eigenvalue weighted by atomic mass is 16.6. The third-order valence-electron chi connectivity index (χ3n) is 6.84. The molecule has 1 saturated heterocycles. The number of hydrogen-bond donors (Lipinski definition) is 0. The summed E-state index contributed by atoms with van der Waals surface area (Å²) in [5.74, 6) is 0.428. The molecule has 1 spiro atoms. The number of hydrogen-bond acceptors (Lipinski definition) is 3. The maximum atomic E-state index is 12.2. The second-order valence-corrected chi connectivity index (χ2v) is 6.87. The van der Waals surface area contributed by atoms with Gasteiger partial charge in [0.1, 0.15) is 6.10 Å². The molecule has 3 aliphatic carbocycles. The minimum absolute atomic E-state index is 0.00264. The van der Waals surface area contributed by atoms with Crippen molar-refractivity contribution in [3.8, 4) is 0 Å². The lowest BCUT2D eigenvalue weighted by molar-refractivity contribution is -0.146. The molecule has 0 aromatic carbocycles. The van der Waals surface area contributed by atoms with Crippen molar-refractivity contribution in [1.29, 1.82) is 0 Å². The zero-order valence-corrected chi connectivity index (χ0v) is 11.0. The first-order chi connectivity index (χ1) is 8.40. The molecule has 3 heteroatoms. The van der Waals surface area contributed by atoms with Gasteiger partial charge in [0.25, 0.3) is 0 Å². The van der Waals surface area contributed by atoms with E-state index in [0.29, 0.717) is 5.92 Å². The Morgan fingerprint density at radius 2 is 2.06 bits per heavy atom. The predicted molar refractivity (Wildman–Crippen MR) is 64.6 cm³/mol. The van der Waals surface area contributed by atoms with Crippen molar-refractivity contribution >= 4 is 11.8 Å². The van der Waals surface area contributed by atoms with Crippen LogP contribution in [0.25, 0.3) is 0 Å². The van der Waals surface area contributed by atoms with Crippen molar-refractivity contribution in [3.05, 3.63) is 12.2 Å². The van der Waals surface area contributed by atoms with Gasteiger partial charge in [0, 0.05) is 16.7 Å². The Morgan fingerprint density at radius 3 is 2.78 bits per heavy atom. The summed E-state index contributed by atoms with van der Waals surface area (Å²) >= 11 is 0. The first kappa shape index (κ1) is 10.8. The number of ether oxygens (including phenoxy) is 1. The van der Waals surface area contributed by atoms with Gasteiger partial charge in [-0.1, -0.05) is 26.8 Å². The Labute approximate surface area is 107 Å². The van der Waals surface area contributed by atoms with E-state index in [1.54, 1.807) is 6.08 Å². The molecule has 0 bridgehead atoms. The van der Waals surface area contributed by atoms with E-state index in [9.17, 15) is 9.59 Å². The van der Waals surface area contributed by atoms with Gasteiger partial charge in [-0.25, -0.2) is 0 Å². The normalized spacial score (nSPS) is 60.1. The lowest BCUT2D eigenvalue weighted by atomic mass is 9.70. The van der Waals surface area contributed by atoms with E-state index in [0.717, 1.165) is 12.8 Å². The standard InChI is InChI=1S/C15H18O3/c1-8-9-4-6-13(2)14(3)10(16)5-7-15(13,14)11(9)18-12(8)17/h5,7-9,11H,4,6H2,1-3H3/t8-,9-,11-,13+,14?,15?/m0/s1. The Hall–Kier alpha value is -1.12. The Balaban J connectivity index is 1.87. The monoisotopic (exact) mass is 246 g/mol. The fraction of sp³-hybridized carbons (Fsp3) is 0.733. The van der Waals surface area contributed by atoms with Gasteiger partial charge in [-0.15, -0.1) is 0 Å². The summed E-state index contributed by atoms with van der Waals surface area (Å²) in [4.78, 5) is 24.1. The third-order valence-corrected chi connectivity index (χ3v) is 6.84. The van der Waals surface area contributed by atoms with Crippen molar-refractivity contribution in [2.45, 2.75) is 39.7 Å². The fourth-order valence-corrected chi connectivity index (χ4v) is 5.45.